The van der Waals surface area contributed by atoms with Crippen LogP contribution in [0.15, 0.2) is 48.9 Å². The van der Waals surface area contributed by atoms with Crippen molar-refractivity contribution in [3.63, 3.8) is 0 Å². The normalized spacial score (nSPS) is 16.3. The molecule has 1 aliphatic rings. The maximum atomic E-state index is 13.0. The van der Waals surface area contributed by atoms with Gasteiger partial charge in [-0.3, -0.25) is 9.59 Å². The summed E-state index contributed by atoms with van der Waals surface area (Å²) in [6.07, 6.45) is 6.45. The molecule has 4 aromatic rings. The van der Waals surface area contributed by atoms with E-state index in [1.807, 2.05) is 41.4 Å². The number of likely N-dealkylation sites (tertiary alicyclic amines) is 1. The Bertz CT molecular complexity index is 1290. The fraction of sp³-hybridized carbons (Fsp3) is 0.304. The van der Waals surface area contributed by atoms with E-state index in [1.165, 1.54) is 4.90 Å². The molecule has 8 nitrogen and oxygen atoms in total. The minimum Gasteiger partial charge on any atom is -0.361 e. The monoisotopic (exact) mass is 416 g/mol. The van der Waals surface area contributed by atoms with Crippen LogP contribution in [-0.4, -0.2) is 68.4 Å². The summed E-state index contributed by atoms with van der Waals surface area (Å²) < 4.78 is 1.75. The minimum absolute atomic E-state index is 0.124. The van der Waals surface area contributed by atoms with Gasteiger partial charge in [0.2, 0.25) is 5.91 Å². The second kappa shape index (κ2) is 7.54. The van der Waals surface area contributed by atoms with E-state index in [2.05, 4.69) is 15.1 Å². The van der Waals surface area contributed by atoms with Crippen LogP contribution in [0.1, 0.15) is 34.0 Å². The van der Waals surface area contributed by atoms with Gasteiger partial charge in [-0.2, -0.15) is 5.10 Å². The molecule has 4 heterocycles. The Morgan fingerprint density at radius 2 is 2.06 bits per heavy atom. The number of benzene rings is 1. The number of H-pyrrole nitrogens is 1. The van der Waals surface area contributed by atoms with Crippen molar-refractivity contribution in [2.24, 2.45) is 0 Å². The summed E-state index contributed by atoms with van der Waals surface area (Å²) in [7, 11) is 3.42. The summed E-state index contributed by atoms with van der Waals surface area (Å²) >= 11 is 0. The summed E-state index contributed by atoms with van der Waals surface area (Å²) in [6, 6.07) is 9.96. The van der Waals surface area contributed by atoms with Crippen molar-refractivity contribution in [2.75, 3.05) is 27.2 Å². The Labute approximate surface area is 179 Å². The average Bonchev–Trinajstić information content (AvgIpc) is 3.51. The zero-order valence-electron chi connectivity index (χ0n) is 17.6. The van der Waals surface area contributed by atoms with E-state index in [-0.39, 0.29) is 17.7 Å². The largest absolute Gasteiger partial charge is 0.361 e. The third-order valence-corrected chi connectivity index (χ3v) is 6.04. The van der Waals surface area contributed by atoms with Crippen molar-refractivity contribution in [1.82, 2.24) is 29.4 Å². The van der Waals surface area contributed by atoms with Gasteiger partial charge < -0.3 is 14.8 Å². The minimum atomic E-state index is -0.124. The third-order valence-electron chi connectivity index (χ3n) is 6.04. The van der Waals surface area contributed by atoms with Gasteiger partial charge in [-0.15, -0.1) is 0 Å². The first-order valence-electron chi connectivity index (χ1n) is 10.4. The molecule has 0 unspecified atom stereocenters. The standard InChI is InChI=1S/C23H24N6O2/c1-27(2)23(31)18-13-26-29-20(7-9-24-22(18)29)15-8-10-28(14-15)21(30)11-16-12-25-19-6-4-3-5-17(16)19/h3-7,9,12-13,15,25H,8,10-11,14H2,1-2H3/t15-/m0/s1. The maximum absolute atomic E-state index is 13.0. The molecule has 2 amide bonds. The highest BCUT2D eigenvalue weighted by Crippen LogP contribution is 2.29. The summed E-state index contributed by atoms with van der Waals surface area (Å²) in [5.41, 5.74) is 4.09. The van der Waals surface area contributed by atoms with Crippen LogP contribution >= 0.6 is 0 Å². The first-order valence-corrected chi connectivity index (χ1v) is 10.4. The van der Waals surface area contributed by atoms with E-state index in [0.717, 1.165) is 28.6 Å². The van der Waals surface area contributed by atoms with E-state index in [0.29, 0.717) is 30.7 Å². The van der Waals surface area contributed by atoms with Gasteiger partial charge in [0.1, 0.15) is 5.56 Å². The molecule has 1 atom stereocenters. The molecule has 0 bridgehead atoms. The lowest BCUT2D eigenvalue weighted by molar-refractivity contribution is -0.129. The Morgan fingerprint density at radius 3 is 2.90 bits per heavy atom. The van der Waals surface area contributed by atoms with Crippen LogP contribution in [-0.2, 0) is 11.2 Å². The van der Waals surface area contributed by atoms with Gasteiger partial charge in [0.15, 0.2) is 5.65 Å². The van der Waals surface area contributed by atoms with Gasteiger partial charge in [0.05, 0.1) is 18.3 Å². The number of hydrogen-bond donors (Lipinski definition) is 1. The quantitative estimate of drug-likeness (QED) is 0.554. The molecule has 8 heteroatoms. The molecule has 0 saturated carbocycles. The van der Waals surface area contributed by atoms with Crippen LogP contribution < -0.4 is 0 Å². The van der Waals surface area contributed by atoms with Crippen molar-refractivity contribution in [3.05, 3.63) is 65.7 Å². The lowest BCUT2D eigenvalue weighted by Crippen LogP contribution is -2.30. The molecule has 3 aromatic heterocycles. The molecular weight excluding hydrogens is 392 g/mol. The van der Waals surface area contributed by atoms with Crippen LogP contribution in [0.2, 0.25) is 0 Å². The zero-order chi connectivity index (χ0) is 21.5. The van der Waals surface area contributed by atoms with Crippen LogP contribution in [0.5, 0.6) is 0 Å². The number of aromatic amines is 1. The number of para-hydroxylation sites is 1. The van der Waals surface area contributed by atoms with Gasteiger partial charge in [0, 0.05) is 56.4 Å². The topological polar surface area (TPSA) is 86.6 Å². The summed E-state index contributed by atoms with van der Waals surface area (Å²) in [6.45, 7) is 1.34. The highest BCUT2D eigenvalue weighted by Gasteiger charge is 2.30. The Hall–Kier alpha value is -3.68. The second-order valence-electron chi connectivity index (χ2n) is 8.22. The van der Waals surface area contributed by atoms with E-state index < -0.39 is 0 Å². The number of carbonyl (C=O) groups is 2. The van der Waals surface area contributed by atoms with Gasteiger partial charge in [-0.05, 0) is 24.1 Å². The lowest BCUT2D eigenvalue weighted by Gasteiger charge is -2.17. The molecule has 31 heavy (non-hydrogen) atoms. The number of hydrogen-bond acceptors (Lipinski definition) is 4. The molecule has 1 aromatic carbocycles. The lowest BCUT2D eigenvalue weighted by atomic mass is 10.0. The molecule has 1 aliphatic heterocycles. The Morgan fingerprint density at radius 1 is 1.23 bits per heavy atom. The Kier molecular flexibility index (Phi) is 4.69. The van der Waals surface area contributed by atoms with Gasteiger partial charge in [-0.1, -0.05) is 18.2 Å². The van der Waals surface area contributed by atoms with E-state index >= 15 is 0 Å². The van der Waals surface area contributed by atoms with Gasteiger partial charge in [0.25, 0.3) is 5.91 Å². The van der Waals surface area contributed by atoms with Crippen LogP contribution in [0.3, 0.4) is 0 Å². The number of nitrogens with zero attached hydrogens (tertiary/aromatic N) is 5. The molecule has 0 aliphatic carbocycles. The Balaban J connectivity index is 1.35. The molecule has 1 N–H and O–H groups in total. The molecule has 5 rings (SSSR count). The predicted octanol–water partition coefficient (Wildman–Crippen LogP) is 2.47. The van der Waals surface area contributed by atoms with Crippen molar-refractivity contribution in [3.8, 4) is 0 Å². The first kappa shape index (κ1) is 19.3. The van der Waals surface area contributed by atoms with Crippen molar-refractivity contribution in [2.45, 2.75) is 18.8 Å². The zero-order valence-corrected chi connectivity index (χ0v) is 17.6. The van der Waals surface area contributed by atoms with Crippen LogP contribution in [0.25, 0.3) is 16.6 Å². The average molecular weight is 416 g/mol. The molecule has 0 spiro atoms. The van der Waals surface area contributed by atoms with E-state index in [1.54, 1.807) is 31.0 Å². The molecule has 0 radical (unpaired) electrons. The molecule has 1 saturated heterocycles. The number of nitrogens with one attached hydrogen (secondary N) is 1. The second-order valence-corrected chi connectivity index (χ2v) is 8.22. The fourth-order valence-corrected chi connectivity index (χ4v) is 4.39. The summed E-state index contributed by atoms with van der Waals surface area (Å²) in [5.74, 6) is 0.155. The van der Waals surface area contributed by atoms with Crippen LogP contribution in [0.4, 0.5) is 0 Å². The smallest absolute Gasteiger partial charge is 0.258 e. The predicted molar refractivity (Wildman–Crippen MR) is 117 cm³/mol. The molecule has 1 fully saturated rings. The highest BCUT2D eigenvalue weighted by molar-refractivity contribution is 5.99. The molecule has 158 valence electrons. The first-order chi connectivity index (χ1) is 15.0. The highest BCUT2D eigenvalue weighted by atomic mass is 16.2. The third kappa shape index (κ3) is 3.34. The van der Waals surface area contributed by atoms with Crippen molar-refractivity contribution >= 4 is 28.4 Å². The summed E-state index contributed by atoms with van der Waals surface area (Å²) in [5, 5.41) is 5.53. The van der Waals surface area contributed by atoms with E-state index in [4.69, 9.17) is 0 Å². The van der Waals surface area contributed by atoms with Crippen molar-refractivity contribution < 1.29 is 9.59 Å². The number of amides is 2. The SMILES string of the molecule is CN(C)C(=O)c1cnn2c([C@H]3CCN(C(=O)Cc4c[nH]c5ccccc45)C3)ccnc12. The van der Waals surface area contributed by atoms with Gasteiger partial charge >= 0.3 is 0 Å². The molecular formula is C23H24N6O2. The van der Waals surface area contributed by atoms with Crippen molar-refractivity contribution in [1.29, 1.82) is 0 Å². The maximum Gasteiger partial charge on any atom is 0.258 e. The summed E-state index contributed by atoms with van der Waals surface area (Å²) in [4.78, 5) is 36.5. The van der Waals surface area contributed by atoms with Crippen LogP contribution in [0, 0.1) is 0 Å². The number of fused-ring (bicyclic) bond motifs is 2. The number of rotatable bonds is 4. The van der Waals surface area contributed by atoms with E-state index in [9.17, 15) is 9.59 Å². The fourth-order valence-electron chi connectivity index (χ4n) is 4.39. The number of aromatic nitrogens is 4. The number of carbonyl (C=O) groups excluding carboxylic acids is 2. The van der Waals surface area contributed by atoms with Gasteiger partial charge in [-0.25, -0.2) is 9.50 Å².